The van der Waals surface area contributed by atoms with Gasteiger partial charge in [0.15, 0.2) is 0 Å². The average molecular weight is 375 g/mol. The van der Waals surface area contributed by atoms with Crippen LogP contribution < -0.4 is 5.32 Å². The van der Waals surface area contributed by atoms with Crippen molar-refractivity contribution < 1.29 is 15.0 Å². The van der Waals surface area contributed by atoms with E-state index in [0.717, 1.165) is 29.3 Å². The summed E-state index contributed by atoms with van der Waals surface area (Å²) < 4.78 is 0.905. The maximum atomic E-state index is 12.2. The first kappa shape index (κ1) is 14.6. The summed E-state index contributed by atoms with van der Waals surface area (Å²) in [5, 5.41) is 22.0. The van der Waals surface area contributed by atoms with Gasteiger partial charge in [-0.1, -0.05) is 12.8 Å². The van der Waals surface area contributed by atoms with E-state index in [1.54, 1.807) is 12.1 Å². The highest BCUT2D eigenvalue weighted by molar-refractivity contribution is 14.1. The van der Waals surface area contributed by atoms with Gasteiger partial charge >= 0.3 is 0 Å². The molecule has 2 rings (SSSR count). The number of carbonyl (C=O) groups excluding carboxylic acids is 1. The van der Waals surface area contributed by atoms with Crippen molar-refractivity contribution in [3.63, 3.8) is 0 Å². The Hall–Kier alpha value is -0.820. The summed E-state index contributed by atoms with van der Waals surface area (Å²) in [5.74, 6) is -0.140. The van der Waals surface area contributed by atoms with Crippen LogP contribution in [-0.2, 0) is 0 Å². The van der Waals surface area contributed by atoms with Gasteiger partial charge in [-0.2, -0.15) is 0 Å². The minimum absolute atomic E-state index is 0.00326. The third-order valence-electron chi connectivity index (χ3n) is 3.66. The van der Waals surface area contributed by atoms with Gasteiger partial charge in [-0.3, -0.25) is 4.79 Å². The third-order valence-corrected chi connectivity index (χ3v) is 4.33. The first-order valence-corrected chi connectivity index (χ1v) is 7.60. The van der Waals surface area contributed by atoms with Gasteiger partial charge in [0.2, 0.25) is 0 Å². The number of benzene rings is 1. The Labute approximate surface area is 126 Å². The fourth-order valence-electron chi connectivity index (χ4n) is 2.55. The number of carbonyl (C=O) groups is 1. The molecule has 1 aromatic rings. The maximum Gasteiger partial charge on any atom is 0.255 e. The molecular formula is C14H18INO3. The van der Waals surface area contributed by atoms with Gasteiger partial charge in [0.05, 0.1) is 5.56 Å². The first-order valence-electron chi connectivity index (χ1n) is 6.52. The number of aliphatic hydroxyl groups is 1. The second-order valence-corrected chi connectivity index (χ2v) is 6.21. The molecule has 104 valence electrons. The van der Waals surface area contributed by atoms with Crippen LogP contribution >= 0.6 is 22.6 Å². The molecule has 1 aliphatic rings. The second kappa shape index (κ2) is 6.56. The van der Waals surface area contributed by atoms with Gasteiger partial charge in [-0.25, -0.2) is 0 Å². The van der Waals surface area contributed by atoms with Gasteiger partial charge in [-0.05, 0) is 53.6 Å². The molecule has 1 fully saturated rings. The lowest BCUT2D eigenvalue weighted by Gasteiger charge is -2.30. The SMILES string of the molecule is O=C(NC1CCCCC1CO)c1cc(I)ccc1O. The summed E-state index contributed by atoms with van der Waals surface area (Å²) >= 11 is 2.11. The lowest BCUT2D eigenvalue weighted by molar-refractivity contribution is 0.0870. The van der Waals surface area contributed by atoms with Gasteiger partial charge < -0.3 is 15.5 Å². The fraction of sp³-hybridized carbons (Fsp3) is 0.500. The van der Waals surface area contributed by atoms with E-state index in [4.69, 9.17) is 0 Å². The molecule has 5 heteroatoms. The fourth-order valence-corrected chi connectivity index (χ4v) is 3.04. The smallest absolute Gasteiger partial charge is 0.255 e. The van der Waals surface area contributed by atoms with Crippen molar-refractivity contribution >= 4 is 28.5 Å². The molecule has 2 atom stereocenters. The van der Waals surface area contributed by atoms with Crippen molar-refractivity contribution in [1.29, 1.82) is 0 Å². The first-order chi connectivity index (χ1) is 9.11. The molecule has 1 amide bonds. The highest BCUT2D eigenvalue weighted by Crippen LogP contribution is 2.25. The van der Waals surface area contributed by atoms with E-state index in [1.807, 2.05) is 0 Å². The van der Waals surface area contributed by atoms with E-state index >= 15 is 0 Å². The zero-order valence-corrected chi connectivity index (χ0v) is 12.8. The van der Waals surface area contributed by atoms with Crippen molar-refractivity contribution in [3.8, 4) is 5.75 Å². The lowest BCUT2D eigenvalue weighted by Crippen LogP contribution is -2.43. The molecule has 0 radical (unpaired) electrons. The normalized spacial score (nSPS) is 23.1. The molecule has 19 heavy (non-hydrogen) atoms. The second-order valence-electron chi connectivity index (χ2n) is 4.97. The van der Waals surface area contributed by atoms with Crippen LogP contribution in [0.2, 0.25) is 0 Å². The van der Waals surface area contributed by atoms with Crippen LogP contribution in [-0.4, -0.2) is 28.8 Å². The van der Waals surface area contributed by atoms with Crippen molar-refractivity contribution in [3.05, 3.63) is 27.3 Å². The summed E-state index contributed by atoms with van der Waals surface area (Å²) in [7, 11) is 0. The molecule has 1 aromatic carbocycles. The summed E-state index contributed by atoms with van der Waals surface area (Å²) in [5.41, 5.74) is 0.300. The predicted molar refractivity (Wildman–Crippen MR) is 81.1 cm³/mol. The largest absolute Gasteiger partial charge is 0.507 e. The minimum atomic E-state index is -0.263. The number of halogens is 1. The molecule has 0 bridgehead atoms. The van der Waals surface area contributed by atoms with Gasteiger partial charge in [0.1, 0.15) is 5.75 Å². The number of phenols is 1. The van der Waals surface area contributed by atoms with Crippen molar-refractivity contribution in [2.75, 3.05) is 6.61 Å². The molecule has 1 aliphatic carbocycles. The van der Waals surface area contributed by atoms with Crippen LogP contribution in [0.5, 0.6) is 5.75 Å². The number of rotatable bonds is 3. The number of amides is 1. The van der Waals surface area contributed by atoms with Crippen LogP contribution in [0.15, 0.2) is 18.2 Å². The molecule has 0 heterocycles. The number of phenolic OH excluding ortho intramolecular Hbond substituents is 1. The van der Waals surface area contributed by atoms with E-state index in [2.05, 4.69) is 27.9 Å². The molecule has 3 N–H and O–H groups in total. The number of nitrogens with one attached hydrogen (secondary N) is 1. The number of hydrogen-bond acceptors (Lipinski definition) is 3. The topological polar surface area (TPSA) is 69.6 Å². The highest BCUT2D eigenvalue weighted by atomic mass is 127. The van der Waals surface area contributed by atoms with Crippen molar-refractivity contribution in [1.82, 2.24) is 5.32 Å². The Bertz CT molecular complexity index is 464. The summed E-state index contributed by atoms with van der Waals surface area (Å²) in [4.78, 5) is 12.2. The van der Waals surface area contributed by atoms with Crippen LogP contribution in [0.3, 0.4) is 0 Å². The third kappa shape index (κ3) is 3.60. The standard InChI is InChI=1S/C14H18INO3/c15-10-5-6-13(18)11(7-10)14(19)16-12-4-2-1-3-9(12)8-17/h5-7,9,12,17-18H,1-4,8H2,(H,16,19). The van der Waals surface area contributed by atoms with Gasteiger partial charge in [0, 0.05) is 22.1 Å². The van der Waals surface area contributed by atoms with Crippen LogP contribution in [0.4, 0.5) is 0 Å². The summed E-state index contributed by atoms with van der Waals surface area (Å²) in [6, 6.07) is 4.95. The molecule has 4 nitrogen and oxygen atoms in total. The van der Waals surface area contributed by atoms with E-state index < -0.39 is 0 Å². The zero-order chi connectivity index (χ0) is 13.8. The van der Waals surface area contributed by atoms with E-state index in [1.165, 1.54) is 6.07 Å². The monoisotopic (exact) mass is 375 g/mol. The molecule has 0 aromatic heterocycles. The van der Waals surface area contributed by atoms with Crippen LogP contribution in [0.25, 0.3) is 0 Å². The van der Waals surface area contributed by atoms with E-state index in [-0.39, 0.29) is 30.2 Å². The summed E-state index contributed by atoms with van der Waals surface area (Å²) in [6.07, 6.45) is 4.01. The molecule has 1 saturated carbocycles. The Kier molecular flexibility index (Phi) is 5.04. The van der Waals surface area contributed by atoms with Gasteiger partial charge in [0.25, 0.3) is 5.91 Å². The van der Waals surface area contributed by atoms with Crippen LogP contribution in [0.1, 0.15) is 36.0 Å². The van der Waals surface area contributed by atoms with Crippen molar-refractivity contribution in [2.45, 2.75) is 31.7 Å². The predicted octanol–water partition coefficient (Wildman–Crippen LogP) is 2.28. The van der Waals surface area contributed by atoms with Crippen molar-refractivity contribution in [2.24, 2.45) is 5.92 Å². The maximum absolute atomic E-state index is 12.2. The molecule has 2 unspecified atom stereocenters. The van der Waals surface area contributed by atoms with E-state index in [0.29, 0.717) is 5.56 Å². The lowest BCUT2D eigenvalue weighted by atomic mass is 9.85. The van der Waals surface area contributed by atoms with E-state index in [9.17, 15) is 15.0 Å². The highest BCUT2D eigenvalue weighted by Gasteiger charge is 2.26. The average Bonchev–Trinajstić information content (AvgIpc) is 2.42. The Morgan fingerprint density at radius 1 is 1.37 bits per heavy atom. The minimum Gasteiger partial charge on any atom is -0.507 e. The number of aromatic hydroxyl groups is 1. The Morgan fingerprint density at radius 3 is 2.84 bits per heavy atom. The molecule has 0 aliphatic heterocycles. The molecule has 0 spiro atoms. The van der Waals surface area contributed by atoms with Crippen LogP contribution in [0, 0.1) is 9.49 Å². The quantitative estimate of drug-likeness (QED) is 0.710. The molecule has 0 saturated heterocycles. The molecular weight excluding hydrogens is 357 g/mol. The Balaban J connectivity index is 2.09. The zero-order valence-electron chi connectivity index (χ0n) is 10.6. The number of aliphatic hydroxyl groups excluding tert-OH is 1. The number of hydrogen-bond donors (Lipinski definition) is 3. The Morgan fingerprint density at radius 2 is 2.11 bits per heavy atom. The summed E-state index contributed by atoms with van der Waals surface area (Å²) in [6.45, 7) is 0.100. The van der Waals surface area contributed by atoms with Gasteiger partial charge in [-0.15, -0.1) is 0 Å².